The molecule has 1 N–H and O–H groups in total. The number of carbonyl (C=O) groups is 1. The van der Waals surface area contributed by atoms with Gasteiger partial charge in [0.1, 0.15) is 0 Å². The molecule has 1 aliphatic heterocycles. The highest BCUT2D eigenvalue weighted by molar-refractivity contribution is 7.89. The Kier molecular flexibility index (Phi) is 6.81. The second-order valence-corrected chi connectivity index (χ2v) is 9.25. The zero-order valence-corrected chi connectivity index (χ0v) is 17.7. The predicted octanol–water partition coefficient (Wildman–Crippen LogP) is 1.37. The fraction of sp³-hybridized carbons (Fsp3) is 0.450. The number of benzene rings is 1. The molecule has 1 fully saturated rings. The van der Waals surface area contributed by atoms with Gasteiger partial charge < -0.3 is 10.2 Å². The first-order valence-electron chi connectivity index (χ1n) is 9.72. The lowest BCUT2D eigenvalue weighted by Gasteiger charge is -2.33. The Hall–Kier alpha value is -2.52. The number of rotatable bonds is 7. The number of sulfonamides is 1. The summed E-state index contributed by atoms with van der Waals surface area (Å²) < 4.78 is 26.7. The van der Waals surface area contributed by atoms with Crippen molar-refractivity contribution in [2.24, 2.45) is 0 Å². The molecule has 0 bridgehead atoms. The van der Waals surface area contributed by atoms with Crippen molar-refractivity contribution < 1.29 is 13.2 Å². The number of nitrogens with one attached hydrogen (secondary N) is 1. The first-order chi connectivity index (χ1) is 13.9. The average molecular weight is 418 g/mol. The van der Waals surface area contributed by atoms with E-state index in [4.69, 9.17) is 0 Å². The van der Waals surface area contributed by atoms with Crippen molar-refractivity contribution in [3.05, 3.63) is 53.3 Å². The van der Waals surface area contributed by atoms with Gasteiger partial charge in [-0.3, -0.25) is 4.79 Å². The van der Waals surface area contributed by atoms with Crippen molar-refractivity contribution in [2.75, 3.05) is 43.4 Å². The summed E-state index contributed by atoms with van der Waals surface area (Å²) in [5, 5.41) is 2.80. The number of aryl methyl sites for hydroxylation is 2. The van der Waals surface area contributed by atoms with E-state index in [-0.39, 0.29) is 11.7 Å². The van der Waals surface area contributed by atoms with E-state index in [9.17, 15) is 13.2 Å². The molecule has 1 saturated heterocycles. The van der Waals surface area contributed by atoms with Gasteiger partial charge in [0.15, 0.2) is 0 Å². The van der Waals surface area contributed by atoms with Crippen molar-refractivity contribution in [3.8, 4) is 0 Å². The molecule has 0 aliphatic carbocycles. The predicted molar refractivity (Wildman–Crippen MR) is 112 cm³/mol. The first-order valence-corrected chi connectivity index (χ1v) is 11.3. The molecule has 3 rings (SSSR count). The van der Waals surface area contributed by atoms with Crippen LogP contribution in [0.1, 0.15) is 27.9 Å². The van der Waals surface area contributed by atoms with Gasteiger partial charge in [-0.1, -0.05) is 6.07 Å². The highest BCUT2D eigenvalue weighted by Crippen LogP contribution is 2.13. The summed E-state index contributed by atoms with van der Waals surface area (Å²) in [6.07, 6.45) is 3.73. The summed E-state index contributed by atoms with van der Waals surface area (Å²) in [5.41, 5.74) is 2.78. The molecule has 0 unspecified atom stereocenters. The van der Waals surface area contributed by atoms with E-state index in [0.717, 1.165) is 11.1 Å². The molecule has 0 spiro atoms. The van der Waals surface area contributed by atoms with Gasteiger partial charge in [0.2, 0.25) is 16.0 Å². The summed E-state index contributed by atoms with van der Waals surface area (Å²) in [6.45, 7) is 6.23. The molecule has 1 amide bonds. The summed E-state index contributed by atoms with van der Waals surface area (Å²) in [6, 6.07) is 7.29. The third-order valence-electron chi connectivity index (χ3n) is 5.10. The number of carbonyl (C=O) groups excluding carboxylic acids is 1. The standard InChI is InChI=1S/C20H27N5O3S/c1-16-5-6-18(15-17(16)2)19(26)21-9-4-14-29(27,28)25-12-10-24(11-13-25)20-22-7-3-8-23-20/h3,5-8,15H,4,9-14H2,1-2H3,(H,21,26). The largest absolute Gasteiger partial charge is 0.352 e. The van der Waals surface area contributed by atoms with Crippen LogP contribution in [0, 0.1) is 13.8 Å². The lowest BCUT2D eigenvalue weighted by molar-refractivity contribution is 0.0953. The highest BCUT2D eigenvalue weighted by Gasteiger charge is 2.27. The smallest absolute Gasteiger partial charge is 0.251 e. The van der Waals surface area contributed by atoms with Crippen molar-refractivity contribution >= 4 is 21.9 Å². The van der Waals surface area contributed by atoms with Crippen LogP contribution in [0.25, 0.3) is 0 Å². The normalized spacial score (nSPS) is 15.3. The van der Waals surface area contributed by atoms with Crippen molar-refractivity contribution in [1.82, 2.24) is 19.6 Å². The summed E-state index contributed by atoms with van der Waals surface area (Å²) in [5.74, 6) is 0.461. The van der Waals surface area contributed by atoms with Gasteiger partial charge in [-0.05, 0) is 49.6 Å². The molecule has 0 radical (unpaired) electrons. The Morgan fingerprint density at radius 2 is 1.76 bits per heavy atom. The van der Waals surface area contributed by atoms with E-state index >= 15 is 0 Å². The van der Waals surface area contributed by atoms with Crippen LogP contribution in [0.5, 0.6) is 0 Å². The molecule has 1 aromatic carbocycles. The number of nitrogens with zero attached hydrogens (tertiary/aromatic N) is 4. The molecule has 2 heterocycles. The van der Waals surface area contributed by atoms with E-state index in [1.165, 1.54) is 4.31 Å². The Morgan fingerprint density at radius 3 is 2.41 bits per heavy atom. The maximum atomic E-state index is 12.6. The van der Waals surface area contributed by atoms with Crippen molar-refractivity contribution in [3.63, 3.8) is 0 Å². The van der Waals surface area contributed by atoms with Crippen molar-refractivity contribution in [1.29, 1.82) is 0 Å². The lowest BCUT2D eigenvalue weighted by Crippen LogP contribution is -2.49. The van der Waals surface area contributed by atoms with E-state index in [2.05, 4.69) is 15.3 Å². The average Bonchev–Trinajstić information content (AvgIpc) is 2.74. The quantitative estimate of drug-likeness (QED) is 0.684. The van der Waals surface area contributed by atoms with Crippen LogP contribution in [0.3, 0.4) is 0 Å². The molecule has 0 atom stereocenters. The minimum Gasteiger partial charge on any atom is -0.352 e. The number of anilines is 1. The zero-order chi connectivity index (χ0) is 20.9. The Morgan fingerprint density at radius 1 is 1.07 bits per heavy atom. The molecule has 29 heavy (non-hydrogen) atoms. The minimum absolute atomic E-state index is 0.0159. The van der Waals surface area contributed by atoms with Gasteiger partial charge in [-0.15, -0.1) is 0 Å². The van der Waals surface area contributed by atoms with Crippen LogP contribution in [0.4, 0.5) is 5.95 Å². The second-order valence-electron chi connectivity index (χ2n) is 7.16. The summed E-state index contributed by atoms with van der Waals surface area (Å²) >= 11 is 0. The van der Waals surface area contributed by atoms with Gasteiger partial charge in [-0.25, -0.2) is 18.4 Å². The molecular weight excluding hydrogens is 390 g/mol. The fourth-order valence-electron chi connectivity index (χ4n) is 3.19. The number of hydrogen-bond donors (Lipinski definition) is 1. The first kappa shape index (κ1) is 21.2. The number of aromatic nitrogens is 2. The van der Waals surface area contributed by atoms with E-state index in [1.54, 1.807) is 24.5 Å². The summed E-state index contributed by atoms with van der Waals surface area (Å²) in [7, 11) is -3.35. The van der Waals surface area contributed by atoms with Crippen LogP contribution in [-0.4, -0.2) is 67.1 Å². The van der Waals surface area contributed by atoms with Crippen LogP contribution in [0.2, 0.25) is 0 Å². The molecule has 1 aliphatic rings. The fourth-order valence-corrected chi connectivity index (χ4v) is 4.68. The Balaban J connectivity index is 1.43. The van der Waals surface area contributed by atoms with Crippen LogP contribution >= 0.6 is 0 Å². The van der Waals surface area contributed by atoms with E-state index < -0.39 is 10.0 Å². The molecule has 8 nitrogen and oxygen atoms in total. The molecule has 156 valence electrons. The summed E-state index contributed by atoms with van der Waals surface area (Å²) in [4.78, 5) is 22.6. The third kappa shape index (κ3) is 5.51. The van der Waals surface area contributed by atoms with Crippen LogP contribution in [-0.2, 0) is 10.0 Å². The monoisotopic (exact) mass is 417 g/mol. The van der Waals surface area contributed by atoms with Crippen LogP contribution in [0.15, 0.2) is 36.7 Å². The van der Waals surface area contributed by atoms with Gasteiger partial charge in [0.25, 0.3) is 5.91 Å². The van der Waals surface area contributed by atoms with Gasteiger partial charge in [-0.2, -0.15) is 4.31 Å². The van der Waals surface area contributed by atoms with E-state index in [0.29, 0.717) is 50.7 Å². The molecule has 0 saturated carbocycles. The van der Waals surface area contributed by atoms with Gasteiger partial charge in [0, 0.05) is 50.7 Å². The third-order valence-corrected chi connectivity index (χ3v) is 7.06. The Bertz CT molecular complexity index is 942. The highest BCUT2D eigenvalue weighted by atomic mass is 32.2. The minimum atomic E-state index is -3.35. The molecule has 2 aromatic rings. The Labute approximate surface area is 172 Å². The maximum absolute atomic E-state index is 12.6. The van der Waals surface area contributed by atoms with E-state index in [1.807, 2.05) is 30.9 Å². The van der Waals surface area contributed by atoms with Gasteiger partial charge in [0.05, 0.1) is 5.75 Å². The van der Waals surface area contributed by atoms with Gasteiger partial charge >= 0.3 is 0 Å². The molecule has 9 heteroatoms. The topological polar surface area (TPSA) is 95.5 Å². The second kappa shape index (κ2) is 9.32. The number of amides is 1. The SMILES string of the molecule is Cc1ccc(C(=O)NCCCS(=O)(=O)N2CCN(c3ncccn3)CC2)cc1C. The zero-order valence-electron chi connectivity index (χ0n) is 16.8. The maximum Gasteiger partial charge on any atom is 0.251 e. The van der Waals surface area contributed by atoms with Crippen molar-refractivity contribution in [2.45, 2.75) is 20.3 Å². The number of piperazine rings is 1. The number of hydrogen-bond acceptors (Lipinski definition) is 6. The molecule has 1 aromatic heterocycles. The van der Waals surface area contributed by atoms with Crippen LogP contribution < -0.4 is 10.2 Å². The lowest BCUT2D eigenvalue weighted by atomic mass is 10.1. The molecular formula is C20H27N5O3S.